The molecule has 0 heterocycles. The molecule has 102 valence electrons. The molecule has 6 heteroatoms. The highest BCUT2D eigenvalue weighted by atomic mass is 32.2. The van der Waals surface area contributed by atoms with Crippen LogP contribution < -0.4 is 4.72 Å². The van der Waals surface area contributed by atoms with E-state index in [0.29, 0.717) is 19.8 Å². The topological polar surface area (TPSA) is 64.6 Å². The summed E-state index contributed by atoms with van der Waals surface area (Å²) < 4.78 is 36.4. The van der Waals surface area contributed by atoms with Crippen LogP contribution in [0.5, 0.6) is 0 Å². The van der Waals surface area contributed by atoms with Crippen molar-refractivity contribution in [1.29, 1.82) is 0 Å². The number of nitrogens with one attached hydrogen (secondary N) is 1. The van der Waals surface area contributed by atoms with Crippen LogP contribution in [0.4, 0.5) is 0 Å². The zero-order chi connectivity index (χ0) is 13.4. The quantitative estimate of drug-likeness (QED) is 0.722. The number of sulfonamides is 1. The van der Waals surface area contributed by atoms with Gasteiger partial charge in [-0.25, -0.2) is 13.1 Å². The van der Waals surface area contributed by atoms with Crippen molar-refractivity contribution in [1.82, 2.24) is 4.72 Å². The molecule has 0 aromatic heterocycles. The number of hydrogen-bond donors (Lipinski definition) is 1. The van der Waals surface area contributed by atoms with Crippen LogP contribution in [-0.4, -0.2) is 35.3 Å². The second kappa shape index (κ2) is 7.48. The van der Waals surface area contributed by atoms with Gasteiger partial charge in [-0.15, -0.1) is 0 Å². The lowest BCUT2D eigenvalue weighted by Gasteiger charge is -2.08. The van der Waals surface area contributed by atoms with Crippen molar-refractivity contribution < 1.29 is 17.9 Å². The number of rotatable bonds is 8. The first-order valence-electron chi connectivity index (χ1n) is 5.75. The van der Waals surface area contributed by atoms with Crippen molar-refractivity contribution in [3.63, 3.8) is 0 Å². The Morgan fingerprint density at radius 3 is 2.78 bits per heavy atom. The molecule has 0 aliphatic rings. The van der Waals surface area contributed by atoms with Crippen LogP contribution in [-0.2, 0) is 26.1 Å². The Morgan fingerprint density at radius 1 is 1.33 bits per heavy atom. The molecule has 0 atom stereocenters. The number of benzene rings is 1. The maximum Gasteiger partial charge on any atom is 0.240 e. The Hall–Kier alpha value is -0.950. The molecule has 0 unspecified atom stereocenters. The highest BCUT2D eigenvalue weighted by Gasteiger charge is 2.13. The molecule has 1 aromatic rings. The van der Waals surface area contributed by atoms with Gasteiger partial charge in [0.1, 0.15) is 0 Å². The molecule has 0 aliphatic carbocycles. The van der Waals surface area contributed by atoms with Gasteiger partial charge in [0.05, 0.1) is 18.1 Å². The van der Waals surface area contributed by atoms with Crippen molar-refractivity contribution in [2.75, 3.05) is 26.9 Å². The van der Waals surface area contributed by atoms with Crippen molar-refractivity contribution in [2.45, 2.75) is 18.4 Å². The summed E-state index contributed by atoms with van der Waals surface area (Å²) in [5.74, 6) is 0. The van der Waals surface area contributed by atoms with Crippen molar-refractivity contribution >= 4 is 10.0 Å². The predicted molar refractivity (Wildman–Crippen MR) is 68.8 cm³/mol. The molecule has 0 fully saturated rings. The van der Waals surface area contributed by atoms with Crippen LogP contribution in [0.1, 0.15) is 12.5 Å². The van der Waals surface area contributed by atoms with E-state index in [4.69, 9.17) is 9.47 Å². The van der Waals surface area contributed by atoms with E-state index >= 15 is 0 Å². The summed E-state index contributed by atoms with van der Waals surface area (Å²) in [6, 6.07) is 6.72. The van der Waals surface area contributed by atoms with Gasteiger partial charge in [0.25, 0.3) is 0 Å². The molecule has 1 N–H and O–H groups in total. The Balaban J connectivity index is 2.75. The Labute approximate surface area is 108 Å². The maximum atomic E-state index is 11.9. The maximum absolute atomic E-state index is 11.9. The minimum Gasteiger partial charge on any atom is -0.383 e. The number of methoxy groups -OCH3 is 1. The van der Waals surface area contributed by atoms with Gasteiger partial charge >= 0.3 is 0 Å². The Bertz CT molecular complexity index is 459. The van der Waals surface area contributed by atoms with Gasteiger partial charge in [-0.05, 0) is 24.6 Å². The molecule has 0 spiro atoms. The lowest BCUT2D eigenvalue weighted by atomic mass is 10.2. The molecule has 0 saturated heterocycles. The lowest BCUT2D eigenvalue weighted by Crippen LogP contribution is -2.27. The standard InChI is InChI=1S/C12H19NO4S/c1-3-17-10-11-5-4-6-12(9-11)18(14,15)13-7-8-16-2/h4-6,9,13H,3,7-8,10H2,1-2H3. The summed E-state index contributed by atoms with van der Waals surface area (Å²) >= 11 is 0. The van der Waals surface area contributed by atoms with Gasteiger partial charge in [-0.1, -0.05) is 12.1 Å². The van der Waals surface area contributed by atoms with E-state index in [-0.39, 0.29) is 11.4 Å². The van der Waals surface area contributed by atoms with Crippen LogP contribution >= 0.6 is 0 Å². The molecule has 1 aromatic carbocycles. The molecule has 5 nitrogen and oxygen atoms in total. The van der Waals surface area contributed by atoms with E-state index in [9.17, 15) is 8.42 Å². The first kappa shape index (κ1) is 15.1. The smallest absolute Gasteiger partial charge is 0.240 e. The predicted octanol–water partition coefficient (Wildman–Crippen LogP) is 1.15. The lowest BCUT2D eigenvalue weighted by molar-refractivity contribution is 0.134. The van der Waals surface area contributed by atoms with Gasteiger partial charge < -0.3 is 9.47 Å². The normalized spacial score (nSPS) is 11.7. The summed E-state index contributed by atoms with van der Waals surface area (Å²) in [5.41, 5.74) is 0.839. The first-order chi connectivity index (χ1) is 8.60. The molecule has 18 heavy (non-hydrogen) atoms. The van der Waals surface area contributed by atoms with Crippen LogP contribution in [0, 0.1) is 0 Å². The molecule has 0 aliphatic heterocycles. The average Bonchev–Trinajstić information content (AvgIpc) is 2.37. The average molecular weight is 273 g/mol. The summed E-state index contributed by atoms with van der Waals surface area (Å²) in [6.45, 7) is 3.51. The van der Waals surface area contributed by atoms with E-state index in [0.717, 1.165) is 5.56 Å². The zero-order valence-corrected chi connectivity index (χ0v) is 11.5. The monoisotopic (exact) mass is 273 g/mol. The van der Waals surface area contributed by atoms with Crippen molar-refractivity contribution in [3.05, 3.63) is 29.8 Å². The zero-order valence-electron chi connectivity index (χ0n) is 10.7. The van der Waals surface area contributed by atoms with Gasteiger partial charge in [0.15, 0.2) is 0 Å². The van der Waals surface area contributed by atoms with E-state index in [1.807, 2.05) is 13.0 Å². The summed E-state index contributed by atoms with van der Waals surface area (Å²) in [5, 5.41) is 0. The number of hydrogen-bond acceptors (Lipinski definition) is 4. The van der Waals surface area contributed by atoms with Gasteiger partial charge in [-0.3, -0.25) is 0 Å². The highest BCUT2D eigenvalue weighted by Crippen LogP contribution is 2.12. The highest BCUT2D eigenvalue weighted by molar-refractivity contribution is 7.89. The largest absolute Gasteiger partial charge is 0.383 e. The van der Waals surface area contributed by atoms with Crippen LogP contribution in [0.15, 0.2) is 29.2 Å². The fourth-order valence-electron chi connectivity index (χ4n) is 1.38. The summed E-state index contributed by atoms with van der Waals surface area (Å²) in [4.78, 5) is 0.246. The van der Waals surface area contributed by atoms with Crippen LogP contribution in [0.3, 0.4) is 0 Å². The SMILES string of the molecule is CCOCc1cccc(S(=O)(=O)NCCOC)c1. The third-order valence-corrected chi connectivity index (χ3v) is 3.74. The molecular weight excluding hydrogens is 254 g/mol. The Kier molecular flexibility index (Phi) is 6.28. The molecule has 0 amide bonds. The van der Waals surface area contributed by atoms with Crippen molar-refractivity contribution in [3.8, 4) is 0 Å². The van der Waals surface area contributed by atoms with Crippen molar-refractivity contribution in [2.24, 2.45) is 0 Å². The number of ether oxygens (including phenoxy) is 2. The fraction of sp³-hybridized carbons (Fsp3) is 0.500. The van der Waals surface area contributed by atoms with Gasteiger partial charge in [0.2, 0.25) is 10.0 Å². The summed E-state index contributed by atoms with van der Waals surface area (Å²) in [7, 11) is -1.94. The van der Waals surface area contributed by atoms with Crippen LogP contribution in [0.25, 0.3) is 0 Å². The third kappa shape index (κ3) is 4.73. The minimum atomic E-state index is -3.47. The molecule has 1 rings (SSSR count). The second-order valence-corrected chi connectivity index (χ2v) is 5.44. The van der Waals surface area contributed by atoms with E-state index in [1.165, 1.54) is 7.11 Å². The van der Waals surface area contributed by atoms with E-state index in [1.54, 1.807) is 18.2 Å². The minimum absolute atomic E-state index is 0.246. The molecule has 0 saturated carbocycles. The molecule has 0 radical (unpaired) electrons. The van der Waals surface area contributed by atoms with Crippen LogP contribution in [0.2, 0.25) is 0 Å². The van der Waals surface area contributed by atoms with Gasteiger partial charge in [-0.2, -0.15) is 0 Å². The van der Waals surface area contributed by atoms with E-state index < -0.39 is 10.0 Å². The van der Waals surface area contributed by atoms with E-state index in [2.05, 4.69) is 4.72 Å². The first-order valence-corrected chi connectivity index (χ1v) is 7.23. The third-order valence-electron chi connectivity index (χ3n) is 2.28. The molecular formula is C12H19NO4S. The molecule has 0 bridgehead atoms. The summed E-state index contributed by atoms with van der Waals surface area (Å²) in [6.07, 6.45) is 0. The Morgan fingerprint density at radius 2 is 2.11 bits per heavy atom. The van der Waals surface area contributed by atoms with Gasteiger partial charge in [0, 0.05) is 20.3 Å². The fourth-order valence-corrected chi connectivity index (χ4v) is 2.47. The second-order valence-electron chi connectivity index (χ2n) is 3.68.